The van der Waals surface area contributed by atoms with E-state index in [2.05, 4.69) is 5.32 Å². The molecule has 0 unspecified atom stereocenters. The van der Waals surface area contributed by atoms with Gasteiger partial charge >= 0.3 is 0 Å². The summed E-state index contributed by atoms with van der Waals surface area (Å²) >= 11 is 11.5. The number of para-hydroxylation sites is 1. The maximum Gasteiger partial charge on any atom is 0.188 e. The fourth-order valence-corrected chi connectivity index (χ4v) is 3.95. The number of fused-ring (bicyclic) bond motifs is 4. The van der Waals surface area contributed by atoms with Gasteiger partial charge in [0.2, 0.25) is 0 Å². The molecule has 2 aliphatic heterocycles. The van der Waals surface area contributed by atoms with E-state index in [0.717, 1.165) is 17.7 Å². The van der Waals surface area contributed by atoms with Crippen molar-refractivity contribution in [3.8, 4) is 5.75 Å². The predicted octanol–water partition coefficient (Wildman–Crippen LogP) is 4.41. The Morgan fingerprint density at radius 2 is 2.13 bits per heavy atom. The summed E-state index contributed by atoms with van der Waals surface area (Å²) in [6.07, 6.45) is 0.721. The van der Waals surface area contributed by atoms with Crippen LogP contribution in [0.25, 0.3) is 0 Å². The largest absolute Gasteiger partial charge is 0.467 e. The van der Waals surface area contributed by atoms with Crippen molar-refractivity contribution < 1.29 is 9.13 Å². The van der Waals surface area contributed by atoms with E-state index in [9.17, 15) is 4.39 Å². The summed E-state index contributed by atoms with van der Waals surface area (Å²) in [5, 5.41) is 3.96. The molecule has 2 bridgehead atoms. The number of nitrogens with zero attached hydrogens (tertiary/aromatic N) is 1. The summed E-state index contributed by atoms with van der Waals surface area (Å²) in [5.74, 6) is 0.378. The first-order valence-corrected chi connectivity index (χ1v) is 8.10. The zero-order valence-electron chi connectivity index (χ0n) is 12.3. The molecule has 0 saturated carbocycles. The zero-order valence-corrected chi connectivity index (χ0v) is 13.9. The normalized spacial score (nSPS) is 25.4. The average Bonchev–Trinajstić information content (AvgIpc) is 2.50. The minimum absolute atomic E-state index is 0.0623. The van der Waals surface area contributed by atoms with Gasteiger partial charge in [-0.25, -0.2) is 4.39 Å². The van der Waals surface area contributed by atoms with E-state index in [1.54, 1.807) is 12.1 Å². The summed E-state index contributed by atoms with van der Waals surface area (Å²) in [6, 6.07) is 12.6. The lowest BCUT2D eigenvalue weighted by molar-refractivity contribution is 0.0498. The van der Waals surface area contributed by atoms with Crippen LogP contribution in [0.5, 0.6) is 5.75 Å². The van der Waals surface area contributed by atoms with E-state index in [0.29, 0.717) is 10.8 Å². The van der Waals surface area contributed by atoms with E-state index in [4.69, 9.17) is 28.6 Å². The number of rotatable bonds is 1. The summed E-state index contributed by atoms with van der Waals surface area (Å²) in [5.41, 5.74) is 1.15. The van der Waals surface area contributed by atoms with Gasteiger partial charge in [-0.2, -0.15) is 0 Å². The molecular formula is C17H14ClFN2OS. The van der Waals surface area contributed by atoms with Crippen LogP contribution in [-0.2, 0) is 0 Å². The molecule has 2 heterocycles. The molecule has 1 N–H and O–H groups in total. The first kappa shape index (κ1) is 14.7. The molecule has 2 aromatic rings. The van der Waals surface area contributed by atoms with Crippen molar-refractivity contribution in [3.63, 3.8) is 0 Å². The van der Waals surface area contributed by atoms with Crippen LogP contribution in [0.15, 0.2) is 42.5 Å². The minimum Gasteiger partial charge on any atom is -0.467 e. The first-order chi connectivity index (χ1) is 11.0. The second kappa shape index (κ2) is 5.08. The van der Waals surface area contributed by atoms with Crippen molar-refractivity contribution in [1.29, 1.82) is 0 Å². The third-order valence-corrected chi connectivity index (χ3v) is 4.93. The van der Waals surface area contributed by atoms with Crippen LogP contribution in [-0.4, -0.2) is 10.8 Å². The quantitative estimate of drug-likeness (QED) is 0.771. The fourth-order valence-electron chi connectivity index (χ4n) is 3.34. The Balaban J connectivity index is 1.81. The molecule has 0 aliphatic carbocycles. The van der Waals surface area contributed by atoms with Gasteiger partial charge in [0.15, 0.2) is 10.8 Å². The van der Waals surface area contributed by atoms with Crippen molar-refractivity contribution in [2.24, 2.45) is 0 Å². The van der Waals surface area contributed by atoms with E-state index < -0.39 is 11.5 Å². The number of anilines is 1. The summed E-state index contributed by atoms with van der Waals surface area (Å²) < 4.78 is 19.7. The molecule has 2 aromatic carbocycles. The molecule has 0 spiro atoms. The molecule has 118 valence electrons. The summed E-state index contributed by atoms with van der Waals surface area (Å²) in [4.78, 5) is 1.86. The average molecular weight is 349 g/mol. The Morgan fingerprint density at radius 1 is 1.35 bits per heavy atom. The summed E-state index contributed by atoms with van der Waals surface area (Å²) in [6.45, 7) is 1.99. The zero-order chi connectivity index (χ0) is 16.2. The van der Waals surface area contributed by atoms with Gasteiger partial charge in [0.25, 0.3) is 0 Å². The van der Waals surface area contributed by atoms with Crippen LogP contribution in [0.2, 0.25) is 5.02 Å². The highest BCUT2D eigenvalue weighted by Crippen LogP contribution is 2.45. The highest BCUT2D eigenvalue weighted by atomic mass is 35.5. The first-order valence-electron chi connectivity index (χ1n) is 7.32. The fraction of sp³-hybridized carbons (Fsp3) is 0.235. The van der Waals surface area contributed by atoms with Crippen molar-refractivity contribution in [3.05, 3.63) is 58.9 Å². The lowest BCUT2D eigenvalue weighted by Crippen LogP contribution is -2.65. The van der Waals surface area contributed by atoms with E-state index in [-0.39, 0.29) is 11.1 Å². The molecule has 0 aromatic heterocycles. The van der Waals surface area contributed by atoms with Gasteiger partial charge < -0.3 is 10.1 Å². The van der Waals surface area contributed by atoms with Crippen LogP contribution in [0.3, 0.4) is 0 Å². The molecule has 0 radical (unpaired) electrons. The second-order valence-electron chi connectivity index (χ2n) is 5.95. The van der Waals surface area contributed by atoms with Gasteiger partial charge in [-0.05, 0) is 43.4 Å². The third kappa shape index (κ3) is 2.26. The number of benzene rings is 2. The van der Waals surface area contributed by atoms with Crippen LogP contribution in [0, 0.1) is 5.82 Å². The standard InChI is InChI=1S/C17H14ClFN2OS/c1-17-9-14(11-4-2-3-5-15(11)22-17)20-16(23)21(17)10-6-7-13(19)12(18)8-10/h2-8,14H,9H2,1H3,(H,20,23)/t14-,17-/m1/s1. The SMILES string of the molecule is C[C@@]12C[C@@H](NC(=S)N1c1ccc(F)c(Cl)c1)c1ccccc1O2. The van der Waals surface area contributed by atoms with Crippen molar-refractivity contribution >= 4 is 34.6 Å². The van der Waals surface area contributed by atoms with Crippen molar-refractivity contribution in [1.82, 2.24) is 5.32 Å². The van der Waals surface area contributed by atoms with Gasteiger partial charge in [-0.15, -0.1) is 0 Å². The molecule has 1 fully saturated rings. The Labute approximate surface area is 144 Å². The number of nitrogens with one attached hydrogen (secondary N) is 1. The maximum atomic E-state index is 13.5. The third-order valence-electron chi connectivity index (χ3n) is 4.34. The molecule has 6 heteroatoms. The molecule has 2 aliphatic rings. The van der Waals surface area contributed by atoms with Crippen molar-refractivity contribution in [2.75, 3.05) is 4.90 Å². The smallest absolute Gasteiger partial charge is 0.188 e. The molecule has 3 nitrogen and oxygen atoms in total. The van der Waals surface area contributed by atoms with Crippen LogP contribution in [0.4, 0.5) is 10.1 Å². The minimum atomic E-state index is -0.650. The number of hydrogen-bond donors (Lipinski definition) is 1. The Morgan fingerprint density at radius 3 is 2.91 bits per heavy atom. The lowest BCUT2D eigenvalue weighted by atomic mass is 9.90. The highest BCUT2D eigenvalue weighted by Gasteiger charge is 2.48. The van der Waals surface area contributed by atoms with Gasteiger partial charge in [0.1, 0.15) is 11.6 Å². The Hall–Kier alpha value is -1.85. The molecule has 4 rings (SSSR count). The van der Waals surface area contributed by atoms with Gasteiger partial charge in [-0.1, -0.05) is 29.8 Å². The van der Waals surface area contributed by atoms with Crippen LogP contribution in [0.1, 0.15) is 24.9 Å². The molecule has 23 heavy (non-hydrogen) atoms. The number of hydrogen-bond acceptors (Lipinski definition) is 2. The van der Waals surface area contributed by atoms with Crippen LogP contribution >= 0.6 is 23.8 Å². The van der Waals surface area contributed by atoms with Gasteiger partial charge in [-0.3, -0.25) is 4.90 Å². The number of ether oxygens (including phenoxy) is 1. The molecule has 1 saturated heterocycles. The molecular weight excluding hydrogens is 335 g/mol. The van der Waals surface area contributed by atoms with Gasteiger partial charge in [0, 0.05) is 17.7 Å². The van der Waals surface area contributed by atoms with Gasteiger partial charge in [0.05, 0.1) is 11.1 Å². The number of halogens is 2. The van der Waals surface area contributed by atoms with E-state index in [1.165, 1.54) is 6.07 Å². The maximum absolute atomic E-state index is 13.5. The monoisotopic (exact) mass is 348 g/mol. The predicted molar refractivity (Wildman–Crippen MR) is 92.5 cm³/mol. The Kier molecular flexibility index (Phi) is 3.25. The highest BCUT2D eigenvalue weighted by molar-refractivity contribution is 7.80. The Bertz CT molecular complexity index is 815. The summed E-state index contributed by atoms with van der Waals surface area (Å²) in [7, 11) is 0. The van der Waals surface area contributed by atoms with Crippen LogP contribution < -0.4 is 15.0 Å². The molecule has 0 amide bonds. The second-order valence-corrected chi connectivity index (χ2v) is 6.75. The van der Waals surface area contributed by atoms with E-state index in [1.807, 2.05) is 36.1 Å². The molecule has 2 atom stereocenters. The lowest BCUT2D eigenvalue weighted by Gasteiger charge is -2.52. The van der Waals surface area contributed by atoms with E-state index >= 15 is 0 Å². The number of thiocarbonyl (C=S) groups is 1. The van der Waals surface area contributed by atoms with Crippen molar-refractivity contribution in [2.45, 2.75) is 25.1 Å². The topological polar surface area (TPSA) is 24.5 Å².